The lowest BCUT2D eigenvalue weighted by atomic mass is 10.2. The maximum atomic E-state index is 12.9. The van der Waals surface area contributed by atoms with Crippen molar-refractivity contribution in [1.29, 1.82) is 0 Å². The Bertz CT molecular complexity index is 1100. The number of hydrogen-bond donors (Lipinski definition) is 1. The van der Waals surface area contributed by atoms with Crippen molar-refractivity contribution in [3.05, 3.63) is 83.6 Å². The molecule has 2 aromatic carbocycles. The summed E-state index contributed by atoms with van der Waals surface area (Å²) < 4.78 is 49.6. The summed E-state index contributed by atoms with van der Waals surface area (Å²) in [4.78, 5) is 19.2. The first-order valence-electron chi connectivity index (χ1n) is 10.4. The molecule has 1 aliphatic rings. The number of amides is 1. The molecule has 1 fully saturated rings. The van der Waals surface area contributed by atoms with E-state index < -0.39 is 11.7 Å². The average Bonchev–Trinajstić information content (AvgIpc) is 2.83. The summed E-state index contributed by atoms with van der Waals surface area (Å²) in [5, 5.41) is 2.82. The Hall–Kier alpha value is -3.59. The maximum Gasteiger partial charge on any atom is 0.416 e. The van der Waals surface area contributed by atoms with Gasteiger partial charge in [0.15, 0.2) is 0 Å². The second-order valence-corrected chi connectivity index (χ2v) is 7.46. The highest BCUT2D eigenvalue weighted by Gasteiger charge is 2.30. The van der Waals surface area contributed by atoms with Crippen LogP contribution in [0.25, 0.3) is 0 Å². The molecule has 0 aliphatic carbocycles. The molecule has 172 valence electrons. The number of halogens is 3. The summed E-state index contributed by atoms with van der Waals surface area (Å²) >= 11 is 0. The number of morpholine rings is 1. The first-order chi connectivity index (χ1) is 15.9. The van der Waals surface area contributed by atoms with E-state index in [0.717, 1.165) is 36.6 Å². The molecule has 1 aromatic heterocycles. The van der Waals surface area contributed by atoms with Gasteiger partial charge in [-0.25, -0.2) is 4.98 Å². The van der Waals surface area contributed by atoms with E-state index in [2.05, 4.69) is 15.2 Å². The van der Waals surface area contributed by atoms with E-state index in [9.17, 15) is 18.0 Å². The Morgan fingerprint density at radius 2 is 1.76 bits per heavy atom. The highest BCUT2D eigenvalue weighted by molar-refractivity contribution is 5.94. The van der Waals surface area contributed by atoms with Gasteiger partial charge in [0, 0.05) is 31.4 Å². The van der Waals surface area contributed by atoms with Gasteiger partial charge in [-0.05, 0) is 48.0 Å². The van der Waals surface area contributed by atoms with Gasteiger partial charge in [0.25, 0.3) is 5.91 Å². The van der Waals surface area contributed by atoms with Crippen LogP contribution in [0.2, 0.25) is 0 Å². The third-order valence-corrected chi connectivity index (χ3v) is 5.09. The molecule has 0 radical (unpaired) electrons. The van der Waals surface area contributed by atoms with Crippen molar-refractivity contribution in [2.45, 2.75) is 12.7 Å². The molecule has 9 heteroatoms. The quantitative estimate of drug-likeness (QED) is 0.584. The molecule has 0 spiro atoms. The molecule has 0 unspecified atom stereocenters. The Morgan fingerprint density at radius 3 is 2.45 bits per heavy atom. The van der Waals surface area contributed by atoms with E-state index in [4.69, 9.17) is 9.47 Å². The summed E-state index contributed by atoms with van der Waals surface area (Å²) in [5.41, 5.74) is 0.372. The minimum atomic E-state index is -4.46. The Balaban J connectivity index is 1.36. The number of alkyl halides is 3. The number of carbonyl (C=O) groups is 1. The van der Waals surface area contributed by atoms with Gasteiger partial charge >= 0.3 is 6.18 Å². The van der Waals surface area contributed by atoms with Gasteiger partial charge in [0.2, 0.25) is 0 Å². The predicted molar refractivity (Wildman–Crippen MR) is 116 cm³/mol. The molecule has 0 saturated carbocycles. The summed E-state index contributed by atoms with van der Waals surface area (Å²) in [5.74, 6) is 0.835. The average molecular weight is 457 g/mol. The van der Waals surface area contributed by atoms with E-state index in [0.29, 0.717) is 18.8 Å². The second-order valence-electron chi connectivity index (χ2n) is 7.46. The molecule has 1 N–H and O–H groups in total. The molecule has 3 aromatic rings. The highest BCUT2D eigenvalue weighted by Crippen LogP contribution is 2.32. The number of rotatable bonds is 6. The van der Waals surface area contributed by atoms with Gasteiger partial charge in [0.05, 0.1) is 18.8 Å². The molecule has 0 bridgehead atoms. The lowest BCUT2D eigenvalue weighted by Gasteiger charge is -2.27. The third kappa shape index (κ3) is 6.01. The zero-order chi connectivity index (χ0) is 23.3. The van der Waals surface area contributed by atoms with Crippen LogP contribution in [0.15, 0.2) is 66.9 Å². The maximum absolute atomic E-state index is 12.9. The number of benzene rings is 2. The fourth-order valence-electron chi connectivity index (χ4n) is 3.36. The highest BCUT2D eigenvalue weighted by atomic mass is 19.4. The standard InChI is InChI=1S/C24H22F3N3O3/c25-24(26,27)19-4-2-6-21(14-19)33-20-5-1-3-18(13-20)23(31)29-16-17-7-8-22(28-15-17)30-9-11-32-12-10-30/h1-8,13-15H,9-12,16H2,(H,29,31). The topological polar surface area (TPSA) is 63.7 Å². The van der Waals surface area contributed by atoms with E-state index in [1.54, 1.807) is 24.4 Å². The smallest absolute Gasteiger partial charge is 0.416 e. The van der Waals surface area contributed by atoms with E-state index >= 15 is 0 Å². The van der Waals surface area contributed by atoms with Crippen molar-refractivity contribution in [2.24, 2.45) is 0 Å². The number of ether oxygens (including phenoxy) is 2. The normalized spacial score (nSPS) is 14.1. The fourth-order valence-corrected chi connectivity index (χ4v) is 3.36. The molecular weight excluding hydrogens is 435 g/mol. The zero-order valence-electron chi connectivity index (χ0n) is 17.6. The molecule has 6 nitrogen and oxygen atoms in total. The summed E-state index contributed by atoms with van der Waals surface area (Å²) in [6.45, 7) is 3.23. The first-order valence-corrected chi connectivity index (χ1v) is 10.4. The number of anilines is 1. The summed E-state index contributed by atoms with van der Waals surface area (Å²) in [7, 11) is 0. The number of nitrogens with zero attached hydrogens (tertiary/aromatic N) is 2. The van der Waals surface area contributed by atoms with Crippen molar-refractivity contribution < 1.29 is 27.4 Å². The Labute approximate surface area is 189 Å². The van der Waals surface area contributed by atoms with Gasteiger partial charge in [-0.15, -0.1) is 0 Å². The van der Waals surface area contributed by atoms with Crippen LogP contribution in [0, 0.1) is 0 Å². The van der Waals surface area contributed by atoms with Crippen LogP contribution >= 0.6 is 0 Å². The monoisotopic (exact) mass is 457 g/mol. The lowest BCUT2D eigenvalue weighted by molar-refractivity contribution is -0.137. The largest absolute Gasteiger partial charge is 0.457 e. The summed E-state index contributed by atoms with van der Waals surface area (Å²) in [6.07, 6.45) is -2.74. The van der Waals surface area contributed by atoms with Gasteiger partial charge in [-0.1, -0.05) is 18.2 Å². The number of pyridine rings is 1. The van der Waals surface area contributed by atoms with Crippen molar-refractivity contribution >= 4 is 11.7 Å². The lowest BCUT2D eigenvalue weighted by Crippen LogP contribution is -2.36. The van der Waals surface area contributed by atoms with Crippen LogP contribution in [-0.4, -0.2) is 37.2 Å². The SMILES string of the molecule is O=C(NCc1ccc(N2CCOCC2)nc1)c1cccc(Oc2cccc(C(F)(F)F)c2)c1. The van der Waals surface area contributed by atoms with Crippen molar-refractivity contribution in [2.75, 3.05) is 31.2 Å². The van der Waals surface area contributed by atoms with Crippen LogP contribution < -0.4 is 15.0 Å². The van der Waals surface area contributed by atoms with Crippen LogP contribution in [-0.2, 0) is 17.5 Å². The van der Waals surface area contributed by atoms with Crippen molar-refractivity contribution in [3.63, 3.8) is 0 Å². The minimum absolute atomic E-state index is 0.0359. The van der Waals surface area contributed by atoms with Crippen molar-refractivity contribution in [1.82, 2.24) is 10.3 Å². The number of aromatic nitrogens is 1. The molecule has 33 heavy (non-hydrogen) atoms. The van der Waals surface area contributed by atoms with Gasteiger partial charge in [0.1, 0.15) is 17.3 Å². The van der Waals surface area contributed by atoms with E-state index in [-0.39, 0.29) is 24.0 Å². The molecule has 0 atom stereocenters. The van der Waals surface area contributed by atoms with Gasteiger partial charge in [-0.2, -0.15) is 13.2 Å². The van der Waals surface area contributed by atoms with Gasteiger partial charge in [-0.3, -0.25) is 4.79 Å². The van der Waals surface area contributed by atoms with Crippen LogP contribution in [0.3, 0.4) is 0 Å². The van der Waals surface area contributed by atoms with Crippen molar-refractivity contribution in [3.8, 4) is 11.5 Å². The first kappa shape index (κ1) is 22.6. The van der Waals surface area contributed by atoms with Crippen LogP contribution in [0.5, 0.6) is 11.5 Å². The molecule has 1 saturated heterocycles. The summed E-state index contributed by atoms with van der Waals surface area (Å²) in [6, 6.07) is 14.7. The van der Waals surface area contributed by atoms with Gasteiger partial charge < -0.3 is 19.7 Å². The molecule has 1 amide bonds. The number of carbonyl (C=O) groups excluding carboxylic acids is 1. The molecule has 4 rings (SSSR count). The zero-order valence-corrected chi connectivity index (χ0v) is 17.6. The van der Waals surface area contributed by atoms with Crippen LogP contribution in [0.1, 0.15) is 21.5 Å². The Morgan fingerprint density at radius 1 is 1.03 bits per heavy atom. The number of hydrogen-bond acceptors (Lipinski definition) is 5. The van der Waals surface area contributed by atoms with E-state index in [1.807, 2.05) is 12.1 Å². The molecule has 2 heterocycles. The van der Waals surface area contributed by atoms with E-state index in [1.165, 1.54) is 18.2 Å². The Kier molecular flexibility index (Phi) is 6.79. The number of nitrogens with one attached hydrogen (secondary N) is 1. The molecular formula is C24H22F3N3O3. The fraction of sp³-hybridized carbons (Fsp3) is 0.250. The second kappa shape index (κ2) is 9.91. The third-order valence-electron chi connectivity index (χ3n) is 5.09. The predicted octanol–water partition coefficient (Wildman–Crippen LogP) is 4.66. The molecule has 1 aliphatic heterocycles. The minimum Gasteiger partial charge on any atom is -0.457 e. The van der Waals surface area contributed by atoms with Crippen LogP contribution in [0.4, 0.5) is 19.0 Å².